The van der Waals surface area contributed by atoms with Gasteiger partial charge in [0, 0.05) is 4.70 Å². The van der Waals surface area contributed by atoms with Crippen molar-refractivity contribution in [2.75, 3.05) is 0 Å². The summed E-state index contributed by atoms with van der Waals surface area (Å²) in [6, 6.07) is 4.77. The number of fused-ring (bicyclic) bond motifs is 1. The highest BCUT2D eigenvalue weighted by Gasteiger charge is 2.30. The van der Waals surface area contributed by atoms with Crippen LogP contribution in [0.1, 0.15) is 29.1 Å². The quantitative estimate of drug-likeness (QED) is 0.838. The molecule has 0 spiro atoms. The van der Waals surface area contributed by atoms with E-state index in [0.29, 0.717) is 16.1 Å². The molecule has 0 fully saturated rings. The Morgan fingerprint density at radius 2 is 1.85 bits per heavy atom. The molecule has 0 saturated carbocycles. The summed E-state index contributed by atoms with van der Waals surface area (Å²) in [4.78, 5) is 10.7. The molecular weight excluding hydrogens is 291 g/mol. The summed E-state index contributed by atoms with van der Waals surface area (Å²) >= 11 is 0.958. The Morgan fingerprint density at radius 3 is 2.30 bits per heavy atom. The molecule has 0 aliphatic carbocycles. The molecule has 0 aliphatic rings. The van der Waals surface area contributed by atoms with Crippen molar-refractivity contribution in [3.05, 3.63) is 34.7 Å². The maximum absolute atomic E-state index is 12.4. The first kappa shape index (κ1) is 16.5. The molecule has 0 bridgehead atoms. The van der Waals surface area contributed by atoms with Crippen molar-refractivity contribution in [3.8, 4) is 0 Å². The highest BCUT2D eigenvalue weighted by Crippen LogP contribution is 2.34. The average Bonchev–Trinajstić information content (AvgIpc) is 2.69. The molecule has 0 unspecified atom stereocenters. The van der Waals surface area contributed by atoms with Crippen molar-refractivity contribution < 1.29 is 23.1 Å². The van der Waals surface area contributed by atoms with Crippen LogP contribution in [0.25, 0.3) is 10.1 Å². The standard InChI is InChI=1S/C10H5F3O2S.C3H9N/c11-10(12,13)6-1-2-7-5(3-6)4-8(16-7)9(14)15;1-3(2)4/h1-4H,(H,14,15);3H,4H2,1-2H3. The fraction of sp³-hybridized carbons (Fsp3) is 0.308. The van der Waals surface area contributed by atoms with E-state index >= 15 is 0 Å². The van der Waals surface area contributed by atoms with Crippen LogP contribution in [0, 0.1) is 0 Å². The van der Waals surface area contributed by atoms with Crippen LogP contribution in [-0.4, -0.2) is 17.1 Å². The normalized spacial score (nSPS) is 11.3. The Morgan fingerprint density at radius 1 is 1.30 bits per heavy atom. The van der Waals surface area contributed by atoms with Crippen LogP contribution < -0.4 is 5.73 Å². The molecule has 20 heavy (non-hydrogen) atoms. The maximum Gasteiger partial charge on any atom is 0.416 e. The smallest absolute Gasteiger partial charge is 0.416 e. The van der Waals surface area contributed by atoms with Crippen molar-refractivity contribution >= 4 is 27.4 Å². The SMILES string of the molecule is CC(C)N.O=C(O)c1cc2cc(C(F)(F)F)ccc2s1. The van der Waals surface area contributed by atoms with E-state index in [0.717, 1.165) is 23.5 Å². The third kappa shape index (κ3) is 4.50. The minimum Gasteiger partial charge on any atom is -0.477 e. The second-order valence-corrected chi connectivity index (χ2v) is 5.49. The third-order valence-corrected chi connectivity index (χ3v) is 3.16. The topological polar surface area (TPSA) is 63.3 Å². The van der Waals surface area contributed by atoms with Crippen molar-refractivity contribution in [1.29, 1.82) is 0 Å². The van der Waals surface area contributed by atoms with E-state index in [-0.39, 0.29) is 4.88 Å². The summed E-state index contributed by atoms with van der Waals surface area (Å²) in [7, 11) is 0. The van der Waals surface area contributed by atoms with Gasteiger partial charge in [-0.2, -0.15) is 13.2 Å². The molecule has 1 aromatic carbocycles. The Balaban J connectivity index is 0.000000444. The molecule has 2 rings (SSSR count). The summed E-state index contributed by atoms with van der Waals surface area (Å²) in [5.41, 5.74) is 4.34. The highest BCUT2D eigenvalue weighted by atomic mass is 32.1. The van der Waals surface area contributed by atoms with Crippen LogP contribution in [0.3, 0.4) is 0 Å². The highest BCUT2D eigenvalue weighted by molar-refractivity contribution is 7.20. The minimum atomic E-state index is -4.40. The lowest BCUT2D eigenvalue weighted by atomic mass is 10.1. The minimum absolute atomic E-state index is 0.0364. The van der Waals surface area contributed by atoms with Gasteiger partial charge in [-0.05, 0) is 35.7 Å². The number of aromatic carboxylic acids is 1. The number of carboxylic acids is 1. The Kier molecular flexibility index (Phi) is 5.13. The van der Waals surface area contributed by atoms with Crippen LogP contribution in [0.2, 0.25) is 0 Å². The Labute approximate surface area is 117 Å². The lowest BCUT2D eigenvalue weighted by Crippen LogP contribution is -2.06. The van der Waals surface area contributed by atoms with E-state index in [4.69, 9.17) is 10.8 Å². The van der Waals surface area contributed by atoms with Crippen molar-refractivity contribution in [2.45, 2.75) is 26.1 Å². The van der Waals surface area contributed by atoms with Gasteiger partial charge in [0.1, 0.15) is 4.88 Å². The number of alkyl halides is 3. The predicted molar refractivity (Wildman–Crippen MR) is 73.1 cm³/mol. The number of rotatable bonds is 1. The van der Waals surface area contributed by atoms with Crippen molar-refractivity contribution in [3.63, 3.8) is 0 Å². The van der Waals surface area contributed by atoms with Crippen molar-refractivity contribution in [1.82, 2.24) is 0 Å². The second-order valence-electron chi connectivity index (χ2n) is 4.41. The first-order valence-electron chi connectivity index (χ1n) is 5.71. The fourth-order valence-corrected chi connectivity index (χ4v) is 2.21. The van der Waals surface area contributed by atoms with Crippen LogP contribution in [0.4, 0.5) is 13.2 Å². The van der Waals surface area contributed by atoms with Gasteiger partial charge in [0.2, 0.25) is 0 Å². The fourth-order valence-electron chi connectivity index (χ4n) is 1.33. The van der Waals surface area contributed by atoms with E-state index < -0.39 is 17.7 Å². The van der Waals surface area contributed by atoms with Gasteiger partial charge in [-0.1, -0.05) is 13.8 Å². The first-order valence-corrected chi connectivity index (χ1v) is 6.52. The van der Waals surface area contributed by atoms with Crippen LogP contribution in [-0.2, 0) is 6.18 Å². The maximum atomic E-state index is 12.4. The van der Waals surface area contributed by atoms with Crippen LogP contribution in [0.5, 0.6) is 0 Å². The van der Waals surface area contributed by atoms with Crippen molar-refractivity contribution in [2.24, 2.45) is 5.73 Å². The summed E-state index contributed by atoms with van der Waals surface area (Å²) in [6.45, 7) is 3.89. The molecular formula is C13H14F3NO2S. The Bertz CT molecular complexity index is 602. The van der Waals surface area contributed by atoms with Gasteiger partial charge in [-0.15, -0.1) is 11.3 Å². The number of carbonyl (C=O) groups is 1. The summed E-state index contributed by atoms with van der Waals surface area (Å²) in [5.74, 6) is -1.13. The number of hydrogen-bond acceptors (Lipinski definition) is 3. The molecule has 0 amide bonds. The van der Waals surface area contributed by atoms with Gasteiger partial charge in [0.15, 0.2) is 0 Å². The monoisotopic (exact) mass is 305 g/mol. The van der Waals surface area contributed by atoms with Gasteiger partial charge in [-0.25, -0.2) is 4.79 Å². The lowest BCUT2D eigenvalue weighted by molar-refractivity contribution is -0.137. The zero-order chi connectivity index (χ0) is 15.5. The first-order chi connectivity index (χ1) is 9.11. The number of halogens is 3. The molecule has 1 heterocycles. The second kappa shape index (κ2) is 6.23. The lowest BCUT2D eigenvalue weighted by Gasteiger charge is -2.05. The van der Waals surface area contributed by atoms with Gasteiger partial charge < -0.3 is 10.8 Å². The Hall–Kier alpha value is -1.60. The number of thiophene rings is 1. The number of hydrogen-bond donors (Lipinski definition) is 2. The van der Waals surface area contributed by atoms with Gasteiger partial charge in [0.05, 0.1) is 5.56 Å². The predicted octanol–water partition coefficient (Wildman–Crippen LogP) is 3.97. The largest absolute Gasteiger partial charge is 0.477 e. The molecule has 0 aliphatic heterocycles. The van der Waals surface area contributed by atoms with Crippen LogP contribution in [0.15, 0.2) is 24.3 Å². The molecule has 0 radical (unpaired) electrons. The molecule has 3 N–H and O–H groups in total. The molecule has 110 valence electrons. The van der Waals surface area contributed by atoms with E-state index in [1.54, 1.807) is 0 Å². The van der Waals surface area contributed by atoms with E-state index in [1.165, 1.54) is 12.1 Å². The van der Waals surface area contributed by atoms with E-state index in [2.05, 4.69) is 0 Å². The van der Waals surface area contributed by atoms with Gasteiger partial charge in [0.25, 0.3) is 0 Å². The summed E-state index contributed by atoms with van der Waals surface area (Å²) < 4.78 is 37.6. The zero-order valence-electron chi connectivity index (χ0n) is 10.9. The molecule has 7 heteroatoms. The number of nitrogens with two attached hydrogens (primary N) is 1. The zero-order valence-corrected chi connectivity index (χ0v) is 11.7. The van der Waals surface area contributed by atoms with E-state index in [9.17, 15) is 18.0 Å². The summed E-state index contributed by atoms with van der Waals surface area (Å²) in [6.07, 6.45) is -4.40. The van der Waals surface area contributed by atoms with Gasteiger partial charge >= 0.3 is 12.1 Å². The summed E-state index contributed by atoms with van der Waals surface area (Å²) in [5, 5.41) is 9.01. The number of carboxylic acid groups (broad SMARTS) is 1. The van der Waals surface area contributed by atoms with Crippen LogP contribution >= 0.6 is 11.3 Å². The average molecular weight is 305 g/mol. The molecule has 1 aromatic heterocycles. The van der Waals surface area contributed by atoms with E-state index in [1.807, 2.05) is 13.8 Å². The molecule has 0 saturated heterocycles. The molecule has 2 aromatic rings. The van der Waals surface area contributed by atoms with Gasteiger partial charge in [-0.3, -0.25) is 0 Å². The third-order valence-electron chi connectivity index (χ3n) is 2.05. The molecule has 3 nitrogen and oxygen atoms in total. The molecule has 0 atom stereocenters. The number of benzene rings is 1.